The summed E-state index contributed by atoms with van der Waals surface area (Å²) in [5.74, 6) is 0.368. The summed E-state index contributed by atoms with van der Waals surface area (Å²) in [6.07, 6.45) is -4.91. The van der Waals surface area contributed by atoms with Gasteiger partial charge in [-0.05, 0) is 31.2 Å². The number of halogens is 3. The van der Waals surface area contributed by atoms with Crippen LogP contribution >= 0.6 is 0 Å². The van der Waals surface area contributed by atoms with E-state index < -0.39 is 37.1 Å². The summed E-state index contributed by atoms with van der Waals surface area (Å²) in [6, 6.07) is 7.26. The van der Waals surface area contributed by atoms with Crippen LogP contribution in [0.25, 0.3) is 16.6 Å². The molecule has 2 aromatic heterocycles. The molecule has 2 heterocycles. The number of benzene rings is 2. The number of nitrogens with zero attached hydrogens (tertiary/aromatic N) is 3. The Morgan fingerprint density at radius 1 is 1.13 bits per heavy atom. The molecule has 4 rings (SSSR count). The van der Waals surface area contributed by atoms with Crippen molar-refractivity contribution in [1.82, 2.24) is 19.8 Å². The minimum Gasteiger partial charge on any atom is -0.497 e. The van der Waals surface area contributed by atoms with Gasteiger partial charge in [-0.1, -0.05) is 16.8 Å². The van der Waals surface area contributed by atoms with Crippen LogP contribution in [0.2, 0.25) is 0 Å². The van der Waals surface area contributed by atoms with E-state index in [4.69, 9.17) is 4.74 Å². The van der Waals surface area contributed by atoms with E-state index >= 15 is 0 Å². The van der Waals surface area contributed by atoms with Crippen molar-refractivity contribution in [1.29, 1.82) is 0 Å². The summed E-state index contributed by atoms with van der Waals surface area (Å²) in [5, 5.41) is 6.70. The third-order valence-corrected chi connectivity index (χ3v) is 6.25. The molecule has 0 bridgehead atoms. The number of H-pyrrole nitrogens is 1. The molecule has 12 heteroatoms. The van der Waals surface area contributed by atoms with E-state index in [0.717, 1.165) is 16.6 Å². The maximum absolute atomic E-state index is 13.5. The minimum absolute atomic E-state index is 0.170. The van der Waals surface area contributed by atoms with Crippen LogP contribution in [0, 0.1) is 6.92 Å². The molecule has 156 valence electrons. The van der Waals surface area contributed by atoms with Gasteiger partial charge in [0.1, 0.15) is 5.75 Å². The molecule has 0 aliphatic rings. The minimum atomic E-state index is -4.91. The highest BCUT2D eigenvalue weighted by molar-refractivity contribution is 7.91. The monoisotopic (exact) mass is 438 g/mol. The van der Waals surface area contributed by atoms with Crippen molar-refractivity contribution in [3.05, 3.63) is 57.9 Å². The Balaban J connectivity index is 2.04. The normalized spacial score (nSPS) is 12.6. The highest BCUT2D eigenvalue weighted by Crippen LogP contribution is 2.37. The second-order valence-electron chi connectivity index (χ2n) is 6.49. The summed E-state index contributed by atoms with van der Waals surface area (Å²) in [5.41, 5.74) is -1.91. The number of aromatic amines is 1. The Kier molecular flexibility index (Phi) is 4.34. The van der Waals surface area contributed by atoms with Gasteiger partial charge in [0.05, 0.1) is 28.5 Å². The van der Waals surface area contributed by atoms with Crippen molar-refractivity contribution < 1.29 is 26.3 Å². The Morgan fingerprint density at radius 2 is 1.87 bits per heavy atom. The molecule has 0 unspecified atom stereocenters. The maximum atomic E-state index is 13.5. The first-order valence-electron chi connectivity index (χ1n) is 8.42. The lowest BCUT2D eigenvalue weighted by atomic mass is 10.1. The number of methoxy groups -OCH3 is 1. The summed E-state index contributed by atoms with van der Waals surface area (Å²) in [6.45, 7) is 1.41. The molecule has 4 aromatic rings. The van der Waals surface area contributed by atoms with Gasteiger partial charge in [0, 0.05) is 6.07 Å². The van der Waals surface area contributed by atoms with Crippen LogP contribution in [0.1, 0.15) is 11.1 Å². The number of alkyl halides is 3. The van der Waals surface area contributed by atoms with Gasteiger partial charge in [-0.25, -0.2) is 8.42 Å². The fourth-order valence-corrected chi connectivity index (χ4v) is 4.56. The van der Waals surface area contributed by atoms with E-state index in [0.29, 0.717) is 5.75 Å². The maximum Gasteiger partial charge on any atom is 0.417 e. The lowest BCUT2D eigenvalue weighted by Gasteiger charge is -2.13. The van der Waals surface area contributed by atoms with Gasteiger partial charge >= 0.3 is 6.18 Å². The van der Waals surface area contributed by atoms with Gasteiger partial charge in [0.25, 0.3) is 5.56 Å². The largest absolute Gasteiger partial charge is 0.497 e. The van der Waals surface area contributed by atoms with Gasteiger partial charge in [-0.15, -0.1) is 5.10 Å². The average Bonchev–Trinajstić information content (AvgIpc) is 3.11. The van der Waals surface area contributed by atoms with E-state index in [1.165, 1.54) is 38.3 Å². The van der Waals surface area contributed by atoms with Crippen molar-refractivity contribution in [3.63, 3.8) is 0 Å². The van der Waals surface area contributed by atoms with Crippen molar-refractivity contribution in [2.24, 2.45) is 0 Å². The van der Waals surface area contributed by atoms with Gasteiger partial charge in [0.15, 0.2) is 5.65 Å². The molecule has 0 amide bonds. The number of sulfone groups is 1. The topological polar surface area (TPSA) is 106 Å². The van der Waals surface area contributed by atoms with Crippen molar-refractivity contribution >= 4 is 26.4 Å². The van der Waals surface area contributed by atoms with E-state index in [1.807, 2.05) is 0 Å². The van der Waals surface area contributed by atoms with E-state index in [1.54, 1.807) is 0 Å². The van der Waals surface area contributed by atoms with Crippen LogP contribution < -0.4 is 10.3 Å². The molecule has 8 nitrogen and oxygen atoms in total. The summed E-state index contributed by atoms with van der Waals surface area (Å²) in [7, 11) is -3.37. The molecule has 2 aromatic carbocycles. The molecule has 0 atom stereocenters. The van der Waals surface area contributed by atoms with Crippen molar-refractivity contribution in [2.45, 2.75) is 23.0 Å². The number of nitrogens with one attached hydrogen (secondary N) is 1. The first kappa shape index (κ1) is 19.9. The molecule has 0 radical (unpaired) electrons. The third-order valence-electron chi connectivity index (χ3n) is 4.53. The number of hydrogen-bond donors (Lipinski definition) is 1. The first-order valence-corrected chi connectivity index (χ1v) is 9.91. The van der Waals surface area contributed by atoms with Crippen LogP contribution in [-0.4, -0.2) is 35.3 Å². The standard InChI is InChI=1S/C18H13F3N4O4S/c1-9-3-6-14(12(7-9)18(19,20)21)30(27,28)17-15-22-16(26)11-5-4-10(29-2)8-13(11)25(15)24-23-17/h3-8H,1-2H3,(H,22,26). The predicted molar refractivity (Wildman–Crippen MR) is 99.3 cm³/mol. The first-order chi connectivity index (χ1) is 14.0. The van der Waals surface area contributed by atoms with Gasteiger partial charge < -0.3 is 9.72 Å². The lowest BCUT2D eigenvalue weighted by Crippen LogP contribution is -2.16. The molecule has 0 saturated heterocycles. The summed E-state index contributed by atoms with van der Waals surface area (Å²) < 4.78 is 72.8. The Hall–Kier alpha value is -3.41. The molecule has 30 heavy (non-hydrogen) atoms. The van der Waals surface area contributed by atoms with Crippen molar-refractivity contribution in [3.8, 4) is 5.75 Å². The van der Waals surface area contributed by atoms with Crippen LogP contribution in [-0.2, 0) is 16.0 Å². The Morgan fingerprint density at radius 3 is 2.53 bits per heavy atom. The summed E-state index contributed by atoms with van der Waals surface area (Å²) in [4.78, 5) is 13.8. The van der Waals surface area contributed by atoms with Gasteiger partial charge in [-0.2, -0.15) is 17.7 Å². The van der Waals surface area contributed by atoms with Crippen LogP contribution in [0.5, 0.6) is 5.75 Å². The second kappa shape index (κ2) is 6.55. The van der Waals surface area contributed by atoms with E-state index in [-0.39, 0.29) is 22.1 Å². The molecule has 0 fully saturated rings. The third kappa shape index (κ3) is 3.00. The average molecular weight is 438 g/mol. The number of aromatic nitrogens is 4. The molecule has 1 N–H and O–H groups in total. The highest BCUT2D eigenvalue weighted by Gasteiger charge is 2.39. The predicted octanol–water partition coefficient (Wildman–Crippen LogP) is 2.74. The second-order valence-corrected chi connectivity index (χ2v) is 8.33. The smallest absolute Gasteiger partial charge is 0.417 e. The highest BCUT2D eigenvalue weighted by atomic mass is 32.2. The molecule has 0 aliphatic carbocycles. The molecule has 0 aliphatic heterocycles. The van der Waals surface area contributed by atoms with Crippen LogP contribution in [0.4, 0.5) is 13.2 Å². The zero-order valence-electron chi connectivity index (χ0n) is 15.5. The quantitative estimate of drug-likeness (QED) is 0.527. The summed E-state index contributed by atoms with van der Waals surface area (Å²) >= 11 is 0. The number of aryl methyl sites for hydroxylation is 1. The Labute approximate surface area is 166 Å². The number of fused-ring (bicyclic) bond motifs is 3. The van der Waals surface area contributed by atoms with Gasteiger partial charge in [0.2, 0.25) is 14.9 Å². The van der Waals surface area contributed by atoms with E-state index in [2.05, 4.69) is 15.3 Å². The molecule has 0 spiro atoms. The van der Waals surface area contributed by atoms with Crippen LogP contribution in [0.15, 0.2) is 51.1 Å². The SMILES string of the molecule is COc1ccc2c(=O)[nH]c3c(S(=O)(=O)c4ccc(C)cc4C(F)(F)F)nnn3c2c1. The lowest BCUT2D eigenvalue weighted by molar-refractivity contribution is -0.139. The molecule has 0 saturated carbocycles. The van der Waals surface area contributed by atoms with Crippen LogP contribution in [0.3, 0.4) is 0 Å². The van der Waals surface area contributed by atoms with Crippen molar-refractivity contribution in [2.75, 3.05) is 7.11 Å². The molecular formula is C18H13F3N4O4S. The van der Waals surface area contributed by atoms with E-state index in [9.17, 15) is 26.4 Å². The number of rotatable bonds is 3. The fraction of sp³-hybridized carbons (Fsp3) is 0.167. The fourth-order valence-electron chi connectivity index (χ4n) is 3.11. The number of ether oxygens (including phenoxy) is 1. The Bertz CT molecular complexity index is 1470. The zero-order chi connectivity index (χ0) is 21.8. The van der Waals surface area contributed by atoms with Gasteiger partial charge in [-0.3, -0.25) is 4.79 Å². The molecular weight excluding hydrogens is 425 g/mol. The zero-order valence-corrected chi connectivity index (χ0v) is 16.3. The number of hydrogen-bond acceptors (Lipinski definition) is 6.